The Morgan fingerprint density at radius 2 is 2.29 bits per heavy atom. The van der Waals surface area contributed by atoms with Gasteiger partial charge in [-0.2, -0.15) is 11.8 Å². The average molecular weight is 213 g/mol. The van der Waals surface area contributed by atoms with Crippen LogP contribution in [0.2, 0.25) is 0 Å². The van der Waals surface area contributed by atoms with Crippen LogP contribution in [0.1, 0.15) is 25.6 Å². The van der Waals surface area contributed by atoms with E-state index in [1.807, 2.05) is 24.3 Å². The van der Waals surface area contributed by atoms with E-state index in [1.54, 1.807) is 0 Å². The molecule has 0 saturated heterocycles. The second kappa shape index (κ2) is 5.41. The largest absolute Gasteiger partial charge is 0.332 e. The van der Waals surface area contributed by atoms with E-state index in [0.717, 1.165) is 18.0 Å². The lowest BCUT2D eigenvalue weighted by atomic mass is 10.0. The van der Waals surface area contributed by atoms with Crippen molar-refractivity contribution in [3.63, 3.8) is 0 Å². The first-order valence-corrected chi connectivity index (χ1v) is 6.30. The second-order valence-corrected chi connectivity index (χ2v) is 4.76. The first kappa shape index (κ1) is 11.6. The summed E-state index contributed by atoms with van der Waals surface area (Å²) in [5.41, 5.74) is 7.23. The van der Waals surface area contributed by atoms with E-state index in [9.17, 15) is 0 Å². The van der Waals surface area contributed by atoms with Crippen LogP contribution in [0.5, 0.6) is 0 Å². The predicted octanol–water partition coefficient (Wildman–Crippen LogP) is 1.90. The molecule has 0 radical (unpaired) electrons. The van der Waals surface area contributed by atoms with Crippen molar-refractivity contribution in [2.75, 3.05) is 12.0 Å². The molecule has 0 fully saturated rings. The monoisotopic (exact) mass is 213 g/mol. The summed E-state index contributed by atoms with van der Waals surface area (Å²) in [4.78, 5) is 4.15. The third kappa shape index (κ3) is 2.75. The van der Waals surface area contributed by atoms with E-state index in [2.05, 4.69) is 29.7 Å². The molecule has 0 aliphatic rings. The van der Waals surface area contributed by atoms with Crippen LogP contribution in [0.4, 0.5) is 0 Å². The summed E-state index contributed by atoms with van der Waals surface area (Å²) in [5, 5.41) is 0. The number of hydrogen-bond acceptors (Lipinski definition) is 3. The molecule has 1 unspecified atom stereocenters. The van der Waals surface area contributed by atoms with Gasteiger partial charge in [-0.1, -0.05) is 13.8 Å². The van der Waals surface area contributed by atoms with Crippen LogP contribution in [-0.4, -0.2) is 21.6 Å². The molecule has 0 bridgehead atoms. The molecular formula is C10H19N3S. The lowest BCUT2D eigenvalue weighted by Gasteiger charge is -2.17. The lowest BCUT2D eigenvalue weighted by Crippen LogP contribution is -2.20. The molecule has 1 aromatic heterocycles. The van der Waals surface area contributed by atoms with E-state index in [0.29, 0.717) is 5.92 Å². The van der Waals surface area contributed by atoms with Gasteiger partial charge in [-0.15, -0.1) is 0 Å². The highest BCUT2D eigenvalue weighted by Gasteiger charge is 2.14. The Bertz CT molecular complexity index is 270. The number of nitrogens with two attached hydrogens (primary N) is 1. The van der Waals surface area contributed by atoms with E-state index >= 15 is 0 Å². The van der Waals surface area contributed by atoms with Crippen molar-refractivity contribution in [1.82, 2.24) is 9.55 Å². The van der Waals surface area contributed by atoms with E-state index in [4.69, 9.17) is 5.73 Å². The van der Waals surface area contributed by atoms with Gasteiger partial charge in [0.2, 0.25) is 0 Å². The summed E-state index contributed by atoms with van der Waals surface area (Å²) in [6.07, 6.45) is 5.86. The zero-order valence-electron chi connectivity index (χ0n) is 9.10. The highest BCUT2D eigenvalue weighted by molar-refractivity contribution is 7.98. The number of aryl methyl sites for hydroxylation is 1. The molecule has 0 aliphatic carbocycles. The van der Waals surface area contributed by atoms with Gasteiger partial charge in [-0.3, -0.25) is 0 Å². The quantitative estimate of drug-likeness (QED) is 0.812. The fourth-order valence-electron chi connectivity index (χ4n) is 1.33. The Labute approximate surface area is 90.1 Å². The first-order valence-electron chi connectivity index (χ1n) is 4.91. The SMILES string of the molecule is CSCCn1cncc1C(N)C(C)C. The van der Waals surface area contributed by atoms with Gasteiger partial charge in [-0.05, 0) is 12.2 Å². The van der Waals surface area contributed by atoms with Gasteiger partial charge in [0.1, 0.15) is 0 Å². The lowest BCUT2D eigenvalue weighted by molar-refractivity contribution is 0.482. The van der Waals surface area contributed by atoms with Crippen LogP contribution in [0.25, 0.3) is 0 Å². The zero-order valence-corrected chi connectivity index (χ0v) is 9.92. The highest BCUT2D eigenvalue weighted by Crippen LogP contribution is 2.18. The third-order valence-electron chi connectivity index (χ3n) is 2.34. The summed E-state index contributed by atoms with van der Waals surface area (Å²) >= 11 is 1.84. The third-order valence-corrected chi connectivity index (χ3v) is 2.93. The molecule has 4 heteroatoms. The van der Waals surface area contributed by atoms with Crippen molar-refractivity contribution in [2.24, 2.45) is 11.7 Å². The summed E-state index contributed by atoms with van der Waals surface area (Å²) in [5.74, 6) is 1.56. The van der Waals surface area contributed by atoms with Crippen molar-refractivity contribution >= 4 is 11.8 Å². The Kier molecular flexibility index (Phi) is 4.48. The fraction of sp³-hybridized carbons (Fsp3) is 0.700. The van der Waals surface area contributed by atoms with Gasteiger partial charge >= 0.3 is 0 Å². The van der Waals surface area contributed by atoms with Crippen molar-refractivity contribution in [2.45, 2.75) is 26.4 Å². The molecule has 0 amide bonds. The normalized spacial score (nSPS) is 13.5. The Hall–Kier alpha value is -0.480. The van der Waals surface area contributed by atoms with Crippen molar-refractivity contribution in [1.29, 1.82) is 0 Å². The van der Waals surface area contributed by atoms with Crippen molar-refractivity contribution in [3.8, 4) is 0 Å². The number of thioether (sulfide) groups is 1. The first-order chi connectivity index (χ1) is 6.66. The number of aromatic nitrogens is 2. The molecule has 0 aliphatic heterocycles. The molecule has 1 atom stereocenters. The maximum atomic E-state index is 6.09. The smallest absolute Gasteiger partial charge is 0.0948 e. The molecule has 3 nitrogen and oxygen atoms in total. The Morgan fingerprint density at radius 1 is 1.57 bits per heavy atom. The zero-order chi connectivity index (χ0) is 10.6. The topological polar surface area (TPSA) is 43.8 Å². The molecule has 0 aromatic carbocycles. The van der Waals surface area contributed by atoms with Crippen LogP contribution in [-0.2, 0) is 6.54 Å². The maximum Gasteiger partial charge on any atom is 0.0948 e. The van der Waals surface area contributed by atoms with E-state index in [-0.39, 0.29) is 6.04 Å². The van der Waals surface area contributed by atoms with Gasteiger partial charge in [0.05, 0.1) is 12.0 Å². The van der Waals surface area contributed by atoms with E-state index < -0.39 is 0 Å². The van der Waals surface area contributed by atoms with Crippen molar-refractivity contribution in [3.05, 3.63) is 18.2 Å². The molecule has 1 heterocycles. The minimum Gasteiger partial charge on any atom is -0.332 e. The van der Waals surface area contributed by atoms with Gasteiger partial charge in [0.15, 0.2) is 0 Å². The molecule has 14 heavy (non-hydrogen) atoms. The summed E-state index contributed by atoms with van der Waals surface area (Å²) in [6.45, 7) is 5.27. The Balaban J connectivity index is 2.71. The summed E-state index contributed by atoms with van der Waals surface area (Å²) in [6, 6.07) is 0.0966. The second-order valence-electron chi connectivity index (χ2n) is 3.77. The molecule has 1 rings (SSSR count). The number of rotatable bonds is 5. The van der Waals surface area contributed by atoms with Crippen molar-refractivity contribution < 1.29 is 0 Å². The minimum atomic E-state index is 0.0966. The molecule has 1 aromatic rings. The molecule has 2 N–H and O–H groups in total. The molecule has 0 saturated carbocycles. The van der Waals surface area contributed by atoms with Crippen LogP contribution in [0, 0.1) is 5.92 Å². The van der Waals surface area contributed by atoms with Crippen LogP contribution in [0.3, 0.4) is 0 Å². The van der Waals surface area contributed by atoms with E-state index in [1.165, 1.54) is 0 Å². The maximum absolute atomic E-state index is 6.09. The number of imidazole rings is 1. The van der Waals surface area contributed by atoms with Gasteiger partial charge in [-0.25, -0.2) is 4.98 Å². The standard InChI is InChI=1S/C10H19N3S/c1-8(2)10(11)9-6-12-7-13(9)4-5-14-3/h6-8,10H,4-5,11H2,1-3H3. The molecular weight excluding hydrogens is 194 g/mol. The summed E-state index contributed by atoms with van der Waals surface area (Å²) in [7, 11) is 0. The molecule has 0 spiro atoms. The average Bonchev–Trinajstić information content (AvgIpc) is 2.61. The summed E-state index contributed by atoms with van der Waals surface area (Å²) < 4.78 is 2.15. The Morgan fingerprint density at radius 3 is 2.86 bits per heavy atom. The highest BCUT2D eigenvalue weighted by atomic mass is 32.2. The number of nitrogens with zero attached hydrogens (tertiary/aromatic N) is 2. The van der Waals surface area contributed by atoms with Gasteiger partial charge in [0.25, 0.3) is 0 Å². The predicted molar refractivity (Wildman–Crippen MR) is 62.4 cm³/mol. The van der Waals surface area contributed by atoms with Gasteiger partial charge < -0.3 is 10.3 Å². The van der Waals surface area contributed by atoms with Gasteiger partial charge in [0, 0.05) is 24.5 Å². The molecule has 80 valence electrons. The fourth-order valence-corrected chi connectivity index (χ4v) is 1.71. The minimum absolute atomic E-state index is 0.0966. The van der Waals surface area contributed by atoms with Crippen LogP contribution < -0.4 is 5.73 Å². The number of hydrogen-bond donors (Lipinski definition) is 1. The van der Waals surface area contributed by atoms with Crippen LogP contribution >= 0.6 is 11.8 Å². The van der Waals surface area contributed by atoms with Crippen LogP contribution in [0.15, 0.2) is 12.5 Å².